The van der Waals surface area contributed by atoms with Crippen LogP contribution in [0.2, 0.25) is 5.02 Å². The molecule has 23 heavy (non-hydrogen) atoms. The highest BCUT2D eigenvalue weighted by Gasteiger charge is 2.20. The van der Waals surface area contributed by atoms with Crippen molar-refractivity contribution in [2.75, 3.05) is 6.61 Å². The highest BCUT2D eigenvalue weighted by atomic mass is 35.5. The van der Waals surface area contributed by atoms with Gasteiger partial charge < -0.3 is 9.72 Å². The zero-order valence-electron chi connectivity index (χ0n) is 12.5. The number of hydrogen-bond acceptors (Lipinski definition) is 4. The molecule has 0 bridgehead atoms. The molecule has 0 amide bonds. The number of aromatic amines is 1. The normalized spacial score (nSPS) is 13.0. The first-order chi connectivity index (χ1) is 11.0. The van der Waals surface area contributed by atoms with Crippen LogP contribution in [-0.4, -0.2) is 22.1 Å². The fraction of sp³-hybridized carbons (Fsp3) is 0.312. The molecule has 0 unspecified atom stereocenters. The number of benzene rings is 1. The number of aryl methyl sites for hydroxylation is 1. The number of rotatable bonds is 3. The van der Waals surface area contributed by atoms with Crippen molar-refractivity contribution in [3.8, 4) is 5.69 Å². The van der Waals surface area contributed by atoms with Gasteiger partial charge in [-0.25, -0.2) is 14.2 Å². The Morgan fingerprint density at radius 1 is 1.35 bits per heavy atom. The number of hydrogen-bond donors (Lipinski definition) is 1. The molecule has 0 radical (unpaired) electrons. The second kappa shape index (κ2) is 6.04. The van der Waals surface area contributed by atoms with Gasteiger partial charge in [0.2, 0.25) is 0 Å². The zero-order chi connectivity index (χ0) is 16.6. The van der Waals surface area contributed by atoms with Crippen molar-refractivity contribution in [3.63, 3.8) is 0 Å². The Bertz CT molecular complexity index is 898. The highest BCUT2D eigenvalue weighted by Crippen LogP contribution is 2.21. The van der Waals surface area contributed by atoms with E-state index in [9.17, 15) is 14.4 Å². The van der Waals surface area contributed by atoms with Gasteiger partial charge in [0.1, 0.15) is 0 Å². The summed E-state index contributed by atoms with van der Waals surface area (Å²) in [5, 5.41) is 0.206. The molecule has 3 rings (SSSR count). The largest absolute Gasteiger partial charge is 0.462 e. The van der Waals surface area contributed by atoms with Crippen LogP contribution in [0.4, 0.5) is 0 Å². The molecule has 1 aliphatic rings. The topological polar surface area (TPSA) is 81.2 Å². The summed E-state index contributed by atoms with van der Waals surface area (Å²) in [6.07, 6.45) is 2.19. The van der Waals surface area contributed by atoms with Crippen LogP contribution < -0.4 is 11.2 Å². The Morgan fingerprint density at radius 2 is 2.13 bits per heavy atom. The Morgan fingerprint density at radius 3 is 2.87 bits per heavy atom. The predicted molar refractivity (Wildman–Crippen MR) is 85.7 cm³/mol. The lowest BCUT2D eigenvalue weighted by atomic mass is 10.2. The van der Waals surface area contributed by atoms with Gasteiger partial charge in [0.05, 0.1) is 22.9 Å². The number of nitrogens with one attached hydrogen (secondary N) is 1. The van der Waals surface area contributed by atoms with E-state index < -0.39 is 11.7 Å². The number of esters is 1. The van der Waals surface area contributed by atoms with Crippen LogP contribution in [0.1, 0.15) is 35.0 Å². The van der Waals surface area contributed by atoms with Gasteiger partial charge >= 0.3 is 11.7 Å². The fourth-order valence-corrected chi connectivity index (χ4v) is 2.98. The monoisotopic (exact) mass is 334 g/mol. The summed E-state index contributed by atoms with van der Waals surface area (Å²) >= 11 is 6.01. The Labute approximate surface area is 136 Å². The standard InChI is InChI=1S/C16H15ClN2O4/c1-2-23-15(21)11-8-9(6-7-12(11)17)19-14(20)10-4-3-5-13(10)18-16(19)22/h6-8H,2-5H2,1H3,(H,18,22). The minimum absolute atomic E-state index is 0.123. The number of carbonyl (C=O) groups is 1. The molecule has 2 aromatic rings. The van der Waals surface area contributed by atoms with Crippen molar-refractivity contribution in [3.05, 3.63) is 60.9 Å². The average Bonchev–Trinajstić information content (AvgIpc) is 2.97. The van der Waals surface area contributed by atoms with Gasteiger partial charge in [0.15, 0.2) is 0 Å². The quantitative estimate of drug-likeness (QED) is 0.868. The van der Waals surface area contributed by atoms with Gasteiger partial charge in [-0.05, 0) is 44.4 Å². The molecule has 1 aromatic heterocycles. The predicted octanol–water partition coefficient (Wildman–Crippen LogP) is 1.84. The summed E-state index contributed by atoms with van der Waals surface area (Å²) in [7, 11) is 0. The van der Waals surface area contributed by atoms with E-state index >= 15 is 0 Å². The molecule has 0 saturated carbocycles. The van der Waals surface area contributed by atoms with Crippen LogP contribution in [0.5, 0.6) is 0 Å². The lowest BCUT2D eigenvalue weighted by Gasteiger charge is -2.10. The summed E-state index contributed by atoms with van der Waals surface area (Å²) in [6.45, 7) is 1.89. The van der Waals surface area contributed by atoms with Crippen molar-refractivity contribution in [2.45, 2.75) is 26.2 Å². The molecule has 0 atom stereocenters. The number of halogens is 1. The van der Waals surface area contributed by atoms with Gasteiger partial charge in [-0.3, -0.25) is 4.79 Å². The molecule has 6 nitrogen and oxygen atoms in total. The minimum Gasteiger partial charge on any atom is -0.462 e. The van der Waals surface area contributed by atoms with Gasteiger partial charge in [-0.2, -0.15) is 0 Å². The van der Waals surface area contributed by atoms with E-state index in [4.69, 9.17) is 16.3 Å². The fourth-order valence-electron chi connectivity index (χ4n) is 2.78. The highest BCUT2D eigenvalue weighted by molar-refractivity contribution is 6.33. The molecule has 0 fully saturated rings. The first-order valence-electron chi connectivity index (χ1n) is 7.37. The second-order valence-electron chi connectivity index (χ2n) is 5.27. The Balaban J connectivity index is 2.17. The van der Waals surface area contributed by atoms with Crippen LogP contribution in [0.15, 0.2) is 27.8 Å². The molecule has 0 aliphatic heterocycles. The summed E-state index contributed by atoms with van der Waals surface area (Å²) in [6, 6.07) is 4.41. The molecule has 0 saturated heterocycles. The molecule has 120 valence electrons. The minimum atomic E-state index is -0.593. The van der Waals surface area contributed by atoms with E-state index in [0.29, 0.717) is 29.8 Å². The summed E-state index contributed by atoms with van der Waals surface area (Å²) in [5.74, 6) is -0.593. The zero-order valence-corrected chi connectivity index (χ0v) is 13.3. The lowest BCUT2D eigenvalue weighted by Crippen LogP contribution is -2.36. The van der Waals surface area contributed by atoms with Crippen molar-refractivity contribution in [1.82, 2.24) is 9.55 Å². The van der Waals surface area contributed by atoms with Gasteiger partial charge in [-0.15, -0.1) is 0 Å². The second-order valence-corrected chi connectivity index (χ2v) is 5.67. The van der Waals surface area contributed by atoms with Crippen molar-refractivity contribution < 1.29 is 9.53 Å². The van der Waals surface area contributed by atoms with Crippen LogP contribution >= 0.6 is 11.6 Å². The van der Waals surface area contributed by atoms with Gasteiger partial charge in [-0.1, -0.05) is 11.6 Å². The molecular formula is C16H15ClN2O4. The smallest absolute Gasteiger partial charge is 0.339 e. The van der Waals surface area contributed by atoms with E-state index in [2.05, 4.69) is 4.98 Å². The maximum absolute atomic E-state index is 12.6. The van der Waals surface area contributed by atoms with E-state index in [0.717, 1.165) is 11.0 Å². The third kappa shape index (κ3) is 2.70. The summed E-state index contributed by atoms with van der Waals surface area (Å²) < 4.78 is 5.97. The van der Waals surface area contributed by atoms with Crippen molar-refractivity contribution in [2.24, 2.45) is 0 Å². The average molecular weight is 335 g/mol. The van der Waals surface area contributed by atoms with E-state index in [1.54, 1.807) is 6.92 Å². The van der Waals surface area contributed by atoms with E-state index in [1.807, 2.05) is 0 Å². The number of fused-ring (bicyclic) bond motifs is 1. The van der Waals surface area contributed by atoms with Gasteiger partial charge in [0, 0.05) is 11.3 Å². The number of H-pyrrole nitrogens is 1. The third-order valence-corrected chi connectivity index (χ3v) is 4.17. The SMILES string of the molecule is CCOC(=O)c1cc(-n2c(=O)[nH]c3c(c2=O)CCC3)ccc1Cl. The van der Waals surface area contributed by atoms with Crippen molar-refractivity contribution in [1.29, 1.82) is 0 Å². The number of ether oxygens (including phenoxy) is 1. The third-order valence-electron chi connectivity index (χ3n) is 3.84. The van der Waals surface area contributed by atoms with Crippen LogP contribution in [-0.2, 0) is 17.6 Å². The molecular weight excluding hydrogens is 320 g/mol. The number of aromatic nitrogens is 2. The maximum Gasteiger partial charge on any atom is 0.339 e. The molecule has 1 aliphatic carbocycles. The molecule has 7 heteroatoms. The summed E-state index contributed by atoms with van der Waals surface area (Å²) in [4.78, 5) is 39.5. The van der Waals surface area contributed by atoms with Crippen LogP contribution in [0.3, 0.4) is 0 Å². The molecule has 1 N–H and O–H groups in total. The lowest BCUT2D eigenvalue weighted by molar-refractivity contribution is 0.0526. The number of carbonyl (C=O) groups excluding carboxylic acids is 1. The van der Waals surface area contributed by atoms with E-state index in [-0.39, 0.29) is 22.8 Å². The van der Waals surface area contributed by atoms with Crippen LogP contribution in [0, 0.1) is 0 Å². The molecule has 0 spiro atoms. The Kier molecular flexibility index (Phi) is 4.09. The number of nitrogens with zero attached hydrogens (tertiary/aromatic N) is 1. The van der Waals surface area contributed by atoms with E-state index in [1.165, 1.54) is 18.2 Å². The summed E-state index contributed by atoms with van der Waals surface area (Å²) in [5.41, 5.74) is 0.871. The van der Waals surface area contributed by atoms with Crippen LogP contribution in [0.25, 0.3) is 5.69 Å². The van der Waals surface area contributed by atoms with Crippen molar-refractivity contribution >= 4 is 17.6 Å². The molecule has 1 heterocycles. The first-order valence-corrected chi connectivity index (χ1v) is 7.75. The molecule has 1 aromatic carbocycles. The van der Waals surface area contributed by atoms with Gasteiger partial charge in [0.25, 0.3) is 5.56 Å². The maximum atomic E-state index is 12.6. The first kappa shape index (κ1) is 15.6. The Hall–Kier alpha value is -2.34.